The van der Waals surface area contributed by atoms with Gasteiger partial charge >= 0.3 is 0 Å². The highest BCUT2D eigenvalue weighted by atomic mass is 35.5. The largest absolute Gasteiger partial charge is 0.496 e. The van der Waals surface area contributed by atoms with Crippen LogP contribution in [-0.2, 0) is 5.88 Å². The van der Waals surface area contributed by atoms with Crippen molar-refractivity contribution in [1.82, 2.24) is 0 Å². The Morgan fingerprint density at radius 2 is 2.22 bits per heavy atom. The minimum absolute atomic E-state index is 0.195. The molecule has 0 bridgehead atoms. The van der Waals surface area contributed by atoms with Gasteiger partial charge in [0, 0.05) is 10.5 Å². The zero-order chi connectivity index (χ0) is 13.5. The maximum absolute atomic E-state index is 9.88. The Morgan fingerprint density at radius 1 is 1.50 bits per heavy atom. The summed E-state index contributed by atoms with van der Waals surface area (Å²) in [5.41, 5.74) is 9.36. The van der Waals surface area contributed by atoms with Crippen molar-refractivity contribution in [3.8, 4) is 5.75 Å². The van der Waals surface area contributed by atoms with E-state index in [4.69, 9.17) is 21.9 Å². The summed E-state index contributed by atoms with van der Waals surface area (Å²) in [4.78, 5) is 2.53. The predicted octanol–water partition coefficient (Wildman–Crippen LogP) is 2.14. The highest BCUT2D eigenvalue weighted by Gasteiger charge is 2.18. The molecule has 2 N–H and O–H groups in total. The van der Waals surface area contributed by atoms with Gasteiger partial charge in [-0.1, -0.05) is 11.2 Å². The van der Waals surface area contributed by atoms with Gasteiger partial charge in [-0.3, -0.25) is 0 Å². The topological polar surface area (TPSA) is 98.5 Å². The molecular weight excluding hydrogens is 258 g/mol. The van der Waals surface area contributed by atoms with Crippen LogP contribution >= 0.6 is 11.6 Å². The number of alkyl halides is 1. The Bertz CT molecular complexity index is 449. The molecule has 0 saturated carbocycles. The third-order valence-corrected chi connectivity index (χ3v) is 2.77. The van der Waals surface area contributed by atoms with Crippen molar-refractivity contribution in [3.05, 3.63) is 39.8 Å². The molecule has 1 rings (SSSR count). The fourth-order valence-electron chi connectivity index (χ4n) is 1.53. The molecule has 98 valence electrons. The van der Waals surface area contributed by atoms with Crippen molar-refractivity contribution < 1.29 is 14.9 Å². The van der Waals surface area contributed by atoms with Crippen LogP contribution in [0.1, 0.15) is 17.2 Å². The standard InChI is InChI=1S/C11H14ClN3O3/c1-18-10-3-2-7(4-8(10)5-12)11(17)9(16)6-14-15-13/h2-4,9,11,16-17H,5-6H2,1H3. The lowest BCUT2D eigenvalue weighted by atomic mass is 10.0. The molecular formula is C11H14ClN3O3. The fourth-order valence-corrected chi connectivity index (χ4v) is 1.74. The molecule has 0 aliphatic carbocycles. The van der Waals surface area contributed by atoms with E-state index in [1.54, 1.807) is 18.2 Å². The van der Waals surface area contributed by atoms with Crippen LogP contribution < -0.4 is 4.74 Å². The molecule has 0 heterocycles. The number of aliphatic hydroxyl groups excluding tert-OH is 2. The van der Waals surface area contributed by atoms with E-state index in [2.05, 4.69) is 10.0 Å². The highest BCUT2D eigenvalue weighted by molar-refractivity contribution is 6.17. The quantitative estimate of drug-likeness (QED) is 0.359. The molecule has 0 fully saturated rings. The first-order valence-corrected chi connectivity index (χ1v) is 5.77. The van der Waals surface area contributed by atoms with Gasteiger partial charge in [0.15, 0.2) is 0 Å². The molecule has 0 saturated heterocycles. The van der Waals surface area contributed by atoms with E-state index in [1.807, 2.05) is 0 Å². The van der Waals surface area contributed by atoms with E-state index in [1.165, 1.54) is 7.11 Å². The molecule has 1 aromatic rings. The number of methoxy groups -OCH3 is 1. The number of nitrogens with zero attached hydrogens (tertiary/aromatic N) is 3. The number of hydrogen-bond acceptors (Lipinski definition) is 4. The Balaban J connectivity index is 2.91. The minimum Gasteiger partial charge on any atom is -0.496 e. The molecule has 18 heavy (non-hydrogen) atoms. The summed E-state index contributed by atoms with van der Waals surface area (Å²) < 4.78 is 5.10. The summed E-state index contributed by atoms with van der Waals surface area (Å²) in [5, 5.41) is 22.7. The molecule has 7 heteroatoms. The summed E-state index contributed by atoms with van der Waals surface area (Å²) in [6.45, 7) is -0.195. The number of aliphatic hydroxyl groups is 2. The van der Waals surface area contributed by atoms with Gasteiger partial charge in [0.2, 0.25) is 0 Å². The number of benzene rings is 1. The maximum Gasteiger partial charge on any atom is 0.123 e. The number of ether oxygens (including phenoxy) is 1. The average Bonchev–Trinajstić information content (AvgIpc) is 2.42. The maximum atomic E-state index is 9.88. The van der Waals surface area contributed by atoms with Gasteiger partial charge in [0.1, 0.15) is 11.9 Å². The fraction of sp³-hybridized carbons (Fsp3) is 0.455. The first kappa shape index (κ1) is 14.6. The lowest BCUT2D eigenvalue weighted by Gasteiger charge is -2.17. The van der Waals surface area contributed by atoms with Crippen LogP contribution in [0.4, 0.5) is 0 Å². The second-order valence-electron chi connectivity index (χ2n) is 3.63. The van der Waals surface area contributed by atoms with E-state index < -0.39 is 12.2 Å². The van der Waals surface area contributed by atoms with Gasteiger partial charge in [-0.05, 0) is 23.2 Å². The van der Waals surface area contributed by atoms with E-state index in [0.29, 0.717) is 16.9 Å². The second kappa shape index (κ2) is 7.08. The lowest BCUT2D eigenvalue weighted by molar-refractivity contribution is 0.0243. The molecule has 6 nitrogen and oxygen atoms in total. The smallest absolute Gasteiger partial charge is 0.123 e. The van der Waals surface area contributed by atoms with Crippen molar-refractivity contribution in [2.75, 3.05) is 13.7 Å². The van der Waals surface area contributed by atoms with Crippen LogP contribution in [0.15, 0.2) is 23.3 Å². The lowest BCUT2D eigenvalue weighted by Crippen LogP contribution is -2.21. The van der Waals surface area contributed by atoms with Gasteiger partial charge in [-0.15, -0.1) is 11.6 Å². The Kier molecular flexibility index (Phi) is 5.74. The van der Waals surface area contributed by atoms with Crippen LogP contribution in [0.5, 0.6) is 5.75 Å². The molecule has 0 aromatic heterocycles. The van der Waals surface area contributed by atoms with Crippen LogP contribution in [0, 0.1) is 0 Å². The molecule has 0 spiro atoms. The van der Waals surface area contributed by atoms with Crippen molar-refractivity contribution in [1.29, 1.82) is 0 Å². The summed E-state index contributed by atoms with van der Waals surface area (Å²) in [7, 11) is 1.53. The predicted molar refractivity (Wildman–Crippen MR) is 67.5 cm³/mol. The molecule has 0 radical (unpaired) electrons. The van der Waals surface area contributed by atoms with Gasteiger partial charge in [-0.25, -0.2) is 0 Å². The summed E-state index contributed by atoms with van der Waals surface area (Å²) in [5.74, 6) is 0.849. The van der Waals surface area contributed by atoms with Crippen LogP contribution in [-0.4, -0.2) is 30.0 Å². The van der Waals surface area contributed by atoms with Gasteiger partial charge in [0.25, 0.3) is 0 Å². The van der Waals surface area contributed by atoms with Crippen LogP contribution in [0.2, 0.25) is 0 Å². The van der Waals surface area contributed by atoms with Crippen LogP contribution in [0.25, 0.3) is 10.4 Å². The third-order valence-electron chi connectivity index (χ3n) is 2.49. The first-order chi connectivity index (χ1) is 8.63. The van der Waals surface area contributed by atoms with Gasteiger partial charge in [0.05, 0.1) is 25.6 Å². The van der Waals surface area contributed by atoms with Crippen LogP contribution in [0.3, 0.4) is 0 Å². The summed E-state index contributed by atoms with van der Waals surface area (Å²) in [6, 6.07) is 4.94. The molecule has 0 amide bonds. The SMILES string of the molecule is COc1ccc(C(O)C(O)CN=[N+]=[N-])cc1CCl. The summed E-state index contributed by atoms with van der Waals surface area (Å²) >= 11 is 5.76. The third kappa shape index (κ3) is 3.51. The minimum atomic E-state index is -1.16. The van der Waals surface area contributed by atoms with Crippen molar-refractivity contribution in [2.45, 2.75) is 18.1 Å². The van der Waals surface area contributed by atoms with E-state index >= 15 is 0 Å². The number of rotatable bonds is 6. The molecule has 1 aromatic carbocycles. The van der Waals surface area contributed by atoms with E-state index in [-0.39, 0.29) is 12.4 Å². The average molecular weight is 272 g/mol. The molecule has 0 aliphatic rings. The van der Waals surface area contributed by atoms with Crippen molar-refractivity contribution in [2.24, 2.45) is 5.11 Å². The van der Waals surface area contributed by atoms with E-state index in [0.717, 1.165) is 0 Å². The zero-order valence-electron chi connectivity index (χ0n) is 9.82. The normalized spacial score (nSPS) is 13.6. The summed E-state index contributed by atoms with van der Waals surface area (Å²) in [6.07, 6.45) is -2.29. The first-order valence-electron chi connectivity index (χ1n) is 5.23. The Labute approximate surface area is 109 Å². The number of halogens is 1. The monoisotopic (exact) mass is 271 g/mol. The van der Waals surface area contributed by atoms with Gasteiger partial charge in [-0.2, -0.15) is 0 Å². The number of hydrogen-bond donors (Lipinski definition) is 2. The highest BCUT2D eigenvalue weighted by Crippen LogP contribution is 2.26. The molecule has 2 atom stereocenters. The van der Waals surface area contributed by atoms with E-state index in [9.17, 15) is 10.2 Å². The number of azide groups is 1. The van der Waals surface area contributed by atoms with Crippen molar-refractivity contribution >= 4 is 11.6 Å². The zero-order valence-corrected chi connectivity index (χ0v) is 10.6. The second-order valence-corrected chi connectivity index (χ2v) is 3.90. The molecule has 0 aliphatic heterocycles. The Morgan fingerprint density at radius 3 is 2.78 bits per heavy atom. The van der Waals surface area contributed by atoms with Crippen molar-refractivity contribution in [3.63, 3.8) is 0 Å². The Hall–Kier alpha value is -1.46. The molecule has 2 unspecified atom stereocenters. The van der Waals surface area contributed by atoms with Gasteiger partial charge < -0.3 is 14.9 Å².